The van der Waals surface area contributed by atoms with Crippen molar-refractivity contribution in [2.24, 2.45) is 12.8 Å². The third-order valence-electron chi connectivity index (χ3n) is 1.31. The highest BCUT2D eigenvalue weighted by atomic mass is 16.3. The fourth-order valence-electron chi connectivity index (χ4n) is 0.724. The number of aliphatic hydroxyl groups excluding tert-OH is 1. The lowest BCUT2D eigenvalue weighted by Gasteiger charge is -2.01. The van der Waals surface area contributed by atoms with Crippen molar-refractivity contribution in [1.29, 1.82) is 0 Å². The smallest absolute Gasteiger partial charge is 0.0815 e. The molecule has 4 nitrogen and oxygen atoms in total. The first kappa shape index (κ1) is 7.24. The van der Waals surface area contributed by atoms with Gasteiger partial charge in [0.2, 0.25) is 0 Å². The Labute approximate surface area is 59.3 Å². The molecule has 0 aliphatic heterocycles. The molecule has 1 atom stereocenters. The van der Waals surface area contributed by atoms with E-state index in [0.717, 1.165) is 5.69 Å². The molecule has 0 aliphatic carbocycles. The molecule has 0 spiro atoms. The van der Waals surface area contributed by atoms with E-state index in [9.17, 15) is 0 Å². The molecule has 1 rings (SSSR count). The summed E-state index contributed by atoms with van der Waals surface area (Å²) < 4.78 is 1.66. The van der Waals surface area contributed by atoms with Gasteiger partial charge in [-0.3, -0.25) is 4.68 Å². The van der Waals surface area contributed by atoms with Crippen molar-refractivity contribution in [3.63, 3.8) is 0 Å². The van der Waals surface area contributed by atoms with Crippen molar-refractivity contribution >= 4 is 0 Å². The van der Waals surface area contributed by atoms with E-state index in [4.69, 9.17) is 10.8 Å². The highest BCUT2D eigenvalue weighted by Crippen LogP contribution is 2.03. The van der Waals surface area contributed by atoms with E-state index in [0.29, 0.717) is 0 Å². The summed E-state index contributed by atoms with van der Waals surface area (Å²) in [5, 5.41) is 12.6. The summed E-state index contributed by atoms with van der Waals surface area (Å²) in [6.07, 6.45) is 1.80. The van der Waals surface area contributed by atoms with Crippen LogP contribution in [0.1, 0.15) is 11.7 Å². The van der Waals surface area contributed by atoms with Gasteiger partial charge in [-0.2, -0.15) is 5.10 Å². The molecule has 0 bridgehead atoms. The van der Waals surface area contributed by atoms with E-state index < -0.39 is 0 Å². The minimum absolute atomic E-state index is 0.0585. The average Bonchev–Trinajstić information content (AvgIpc) is 2.34. The Morgan fingerprint density at radius 1 is 1.90 bits per heavy atom. The number of aliphatic hydroxyl groups is 1. The first-order valence-electron chi connectivity index (χ1n) is 3.10. The van der Waals surface area contributed by atoms with Gasteiger partial charge in [0, 0.05) is 13.2 Å². The summed E-state index contributed by atoms with van der Waals surface area (Å²) in [6.45, 7) is -0.0585. The first-order chi connectivity index (χ1) is 4.74. The highest BCUT2D eigenvalue weighted by molar-refractivity contribution is 5.03. The number of aryl methyl sites for hydroxylation is 1. The lowest BCUT2D eigenvalue weighted by molar-refractivity contribution is 0.265. The second-order valence-electron chi connectivity index (χ2n) is 2.20. The number of nitrogens with zero attached hydrogens (tertiary/aromatic N) is 2. The van der Waals surface area contributed by atoms with Crippen LogP contribution < -0.4 is 5.73 Å². The molecule has 4 heteroatoms. The van der Waals surface area contributed by atoms with Gasteiger partial charge in [0.1, 0.15) is 0 Å². The van der Waals surface area contributed by atoms with Crippen LogP contribution in [0, 0.1) is 0 Å². The van der Waals surface area contributed by atoms with Crippen molar-refractivity contribution < 1.29 is 5.11 Å². The van der Waals surface area contributed by atoms with Gasteiger partial charge in [0.25, 0.3) is 0 Å². The number of hydrogen-bond acceptors (Lipinski definition) is 3. The molecule has 10 heavy (non-hydrogen) atoms. The van der Waals surface area contributed by atoms with E-state index in [2.05, 4.69) is 5.10 Å². The molecule has 0 amide bonds. The van der Waals surface area contributed by atoms with Crippen LogP contribution in [0.3, 0.4) is 0 Å². The summed E-state index contributed by atoms with van der Waals surface area (Å²) in [7, 11) is 1.81. The Morgan fingerprint density at radius 3 is 3.00 bits per heavy atom. The van der Waals surface area contributed by atoms with Gasteiger partial charge in [-0.05, 0) is 6.07 Å². The molecule has 0 unspecified atom stereocenters. The normalized spacial score (nSPS) is 13.5. The number of nitrogens with two attached hydrogens (primary N) is 1. The molecular formula is C6H11N3O. The maximum absolute atomic E-state index is 8.62. The molecule has 0 fully saturated rings. The summed E-state index contributed by atoms with van der Waals surface area (Å²) in [6, 6.07) is 1.45. The van der Waals surface area contributed by atoms with Crippen molar-refractivity contribution in [2.45, 2.75) is 6.04 Å². The number of hydrogen-bond donors (Lipinski definition) is 2. The average molecular weight is 141 g/mol. The summed E-state index contributed by atoms with van der Waals surface area (Å²) in [4.78, 5) is 0. The van der Waals surface area contributed by atoms with Gasteiger partial charge in [-0.1, -0.05) is 0 Å². The summed E-state index contributed by atoms with van der Waals surface area (Å²) >= 11 is 0. The molecule has 0 saturated carbocycles. The maximum Gasteiger partial charge on any atom is 0.0815 e. The van der Waals surface area contributed by atoms with Crippen molar-refractivity contribution in [3.05, 3.63) is 18.0 Å². The third kappa shape index (κ3) is 1.34. The Morgan fingerprint density at radius 2 is 2.60 bits per heavy atom. The number of rotatable bonds is 2. The van der Waals surface area contributed by atoms with Gasteiger partial charge >= 0.3 is 0 Å². The largest absolute Gasteiger partial charge is 0.394 e. The monoisotopic (exact) mass is 141 g/mol. The SMILES string of the molecule is Cn1ccc([C@H](N)CO)n1. The van der Waals surface area contributed by atoms with Crippen LogP contribution in [0.4, 0.5) is 0 Å². The standard InChI is InChI=1S/C6H11N3O/c1-9-3-2-6(8-9)5(7)4-10/h2-3,5,10H,4,7H2,1H3/t5-/m1/s1. The van der Waals surface area contributed by atoms with Gasteiger partial charge in [-0.15, -0.1) is 0 Å². The number of aromatic nitrogens is 2. The van der Waals surface area contributed by atoms with E-state index in [1.165, 1.54) is 0 Å². The molecule has 56 valence electrons. The molecule has 0 aliphatic rings. The molecule has 0 radical (unpaired) electrons. The van der Waals surface area contributed by atoms with Gasteiger partial charge in [0.15, 0.2) is 0 Å². The zero-order chi connectivity index (χ0) is 7.56. The first-order valence-corrected chi connectivity index (χ1v) is 3.10. The maximum atomic E-state index is 8.62. The van der Waals surface area contributed by atoms with Crippen LogP contribution in [0.25, 0.3) is 0 Å². The van der Waals surface area contributed by atoms with Crippen LogP contribution in [-0.2, 0) is 7.05 Å². The van der Waals surface area contributed by atoms with Crippen molar-refractivity contribution in [2.75, 3.05) is 6.61 Å². The van der Waals surface area contributed by atoms with Crippen molar-refractivity contribution in [1.82, 2.24) is 9.78 Å². The van der Waals surface area contributed by atoms with Gasteiger partial charge in [-0.25, -0.2) is 0 Å². The Hall–Kier alpha value is -0.870. The van der Waals surface area contributed by atoms with Crippen LogP contribution >= 0.6 is 0 Å². The molecule has 1 heterocycles. The summed E-state index contributed by atoms with van der Waals surface area (Å²) in [5.41, 5.74) is 6.21. The second-order valence-corrected chi connectivity index (χ2v) is 2.20. The van der Waals surface area contributed by atoms with Crippen LogP contribution in [0.2, 0.25) is 0 Å². The van der Waals surface area contributed by atoms with Crippen molar-refractivity contribution in [3.8, 4) is 0 Å². The highest BCUT2D eigenvalue weighted by Gasteiger charge is 2.05. The third-order valence-corrected chi connectivity index (χ3v) is 1.31. The fourth-order valence-corrected chi connectivity index (χ4v) is 0.724. The Bertz CT molecular complexity index is 209. The molecular weight excluding hydrogens is 130 g/mol. The topological polar surface area (TPSA) is 64.1 Å². The quantitative estimate of drug-likeness (QED) is 0.578. The molecule has 0 aromatic carbocycles. The van der Waals surface area contributed by atoms with Crippen LogP contribution in [0.15, 0.2) is 12.3 Å². The molecule has 0 saturated heterocycles. The van der Waals surface area contributed by atoms with Gasteiger partial charge < -0.3 is 10.8 Å². The predicted molar refractivity (Wildman–Crippen MR) is 37.2 cm³/mol. The van der Waals surface area contributed by atoms with Crippen LogP contribution in [-0.4, -0.2) is 21.5 Å². The van der Waals surface area contributed by atoms with E-state index in [-0.39, 0.29) is 12.6 Å². The molecule has 1 aromatic rings. The summed E-state index contributed by atoms with van der Waals surface area (Å²) in [5.74, 6) is 0. The lowest BCUT2D eigenvalue weighted by atomic mass is 10.2. The fraction of sp³-hybridized carbons (Fsp3) is 0.500. The molecule has 3 N–H and O–H groups in total. The molecule has 1 aromatic heterocycles. The lowest BCUT2D eigenvalue weighted by Crippen LogP contribution is -2.15. The predicted octanol–water partition coefficient (Wildman–Crippen LogP) is -0.588. The zero-order valence-electron chi connectivity index (χ0n) is 5.86. The van der Waals surface area contributed by atoms with E-state index >= 15 is 0 Å². The van der Waals surface area contributed by atoms with E-state index in [1.54, 1.807) is 16.9 Å². The van der Waals surface area contributed by atoms with E-state index in [1.807, 2.05) is 7.05 Å². The zero-order valence-corrected chi connectivity index (χ0v) is 5.86. The van der Waals surface area contributed by atoms with Gasteiger partial charge in [0.05, 0.1) is 18.3 Å². The minimum atomic E-state index is -0.346. The van der Waals surface area contributed by atoms with Crippen LogP contribution in [0.5, 0.6) is 0 Å². The Kier molecular flexibility index (Phi) is 2.03. The minimum Gasteiger partial charge on any atom is -0.394 e. The Balaban J connectivity index is 2.74. The second kappa shape index (κ2) is 2.81.